The van der Waals surface area contributed by atoms with E-state index in [0.717, 1.165) is 0 Å². The Morgan fingerprint density at radius 3 is 2.22 bits per heavy atom. The lowest BCUT2D eigenvalue weighted by atomic mass is 10.1. The summed E-state index contributed by atoms with van der Waals surface area (Å²) >= 11 is 0. The van der Waals surface area contributed by atoms with Gasteiger partial charge in [0.15, 0.2) is 0 Å². The standard InChI is InChI=1S/C17H19N3O3/c1-11(2)10-15(21)19-12-5-7-13(8-6-12)20-17(23)14-4-3-9-18-16(14)22/h3-9,11H,10H2,1-2H3,(H,18,22)(H,19,21)(H,20,23). The van der Waals surface area contributed by atoms with Gasteiger partial charge in [-0.3, -0.25) is 14.4 Å². The summed E-state index contributed by atoms with van der Waals surface area (Å²) in [4.78, 5) is 37.7. The Labute approximate surface area is 133 Å². The van der Waals surface area contributed by atoms with Crippen LogP contribution < -0.4 is 16.2 Å². The van der Waals surface area contributed by atoms with Crippen molar-refractivity contribution in [3.63, 3.8) is 0 Å². The first-order valence-electron chi connectivity index (χ1n) is 7.34. The fraction of sp³-hybridized carbons (Fsp3) is 0.235. The summed E-state index contributed by atoms with van der Waals surface area (Å²) in [6.07, 6.45) is 1.92. The minimum absolute atomic E-state index is 0.0433. The molecule has 0 atom stereocenters. The van der Waals surface area contributed by atoms with Gasteiger partial charge in [-0.25, -0.2) is 0 Å². The highest BCUT2D eigenvalue weighted by molar-refractivity contribution is 6.04. The molecule has 0 aliphatic carbocycles. The Balaban J connectivity index is 2.00. The smallest absolute Gasteiger partial charge is 0.261 e. The third-order valence-electron chi connectivity index (χ3n) is 3.08. The average molecular weight is 313 g/mol. The molecule has 2 aromatic rings. The van der Waals surface area contributed by atoms with Gasteiger partial charge >= 0.3 is 0 Å². The van der Waals surface area contributed by atoms with Crippen molar-refractivity contribution in [1.29, 1.82) is 0 Å². The van der Waals surface area contributed by atoms with E-state index in [-0.39, 0.29) is 17.4 Å². The number of rotatable bonds is 5. The topological polar surface area (TPSA) is 91.1 Å². The Morgan fingerprint density at radius 2 is 1.65 bits per heavy atom. The van der Waals surface area contributed by atoms with Crippen LogP contribution in [0.4, 0.5) is 11.4 Å². The predicted octanol–water partition coefficient (Wildman–Crippen LogP) is 2.61. The lowest BCUT2D eigenvalue weighted by Crippen LogP contribution is -2.22. The normalized spacial score (nSPS) is 10.4. The minimum atomic E-state index is -0.483. The van der Waals surface area contributed by atoms with Crippen molar-refractivity contribution in [2.45, 2.75) is 20.3 Å². The van der Waals surface area contributed by atoms with Gasteiger partial charge in [0, 0.05) is 24.0 Å². The summed E-state index contributed by atoms with van der Waals surface area (Å²) in [5.41, 5.74) is 0.802. The second-order valence-corrected chi connectivity index (χ2v) is 5.59. The van der Waals surface area contributed by atoms with E-state index in [9.17, 15) is 14.4 Å². The minimum Gasteiger partial charge on any atom is -0.328 e. The van der Waals surface area contributed by atoms with E-state index in [1.54, 1.807) is 30.3 Å². The number of nitrogens with one attached hydrogen (secondary N) is 3. The van der Waals surface area contributed by atoms with E-state index >= 15 is 0 Å². The SMILES string of the molecule is CC(C)CC(=O)Nc1ccc(NC(=O)c2ccc[nH]c2=O)cc1. The van der Waals surface area contributed by atoms with E-state index in [1.807, 2.05) is 13.8 Å². The highest BCUT2D eigenvalue weighted by Gasteiger charge is 2.10. The molecule has 0 spiro atoms. The van der Waals surface area contributed by atoms with Gasteiger partial charge in [0.25, 0.3) is 11.5 Å². The van der Waals surface area contributed by atoms with Gasteiger partial charge in [0.2, 0.25) is 5.91 Å². The van der Waals surface area contributed by atoms with E-state index in [0.29, 0.717) is 17.8 Å². The lowest BCUT2D eigenvalue weighted by Gasteiger charge is -2.09. The van der Waals surface area contributed by atoms with Crippen LogP contribution in [0, 0.1) is 5.92 Å². The Hall–Kier alpha value is -2.89. The molecule has 1 heterocycles. The van der Waals surface area contributed by atoms with Crippen molar-refractivity contribution in [1.82, 2.24) is 4.98 Å². The van der Waals surface area contributed by atoms with Crippen LogP contribution in [-0.4, -0.2) is 16.8 Å². The first-order valence-corrected chi connectivity index (χ1v) is 7.34. The Morgan fingerprint density at radius 1 is 1.04 bits per heavy atom. The summed E-state index contributed by atoms with van der Waals surface area (Å²) in [6, 6.07) is 9.77. The first-order chi connectivity index (χ1) is 11.0. The van der Waals surface area contributed by atoms with Crippen molar-refractivity contribution in [2.75, 3.05) is 10.6 Å². The maximum atomic E-state index is 12.0. The van der Waals surface area contributed by atoms with Crippen LogP contribution in [0.15, 0.2) is 47.4 Å². The molecule has 0 radical (unpaired) electrons. The van der Waals surface area contributed by atoms with Gasteiger partial charge in [-0.05, 0) is 42.3 Å². The fourth-order valence-corrected chi connectivity index (χ4v) is 2.02. The lowest BCUT2D eigenvalue weighted by molar-refractivity contribution is -0.116. The Bertz CT molecular complexity index is 748. The summed E-state index contributed by atoms with van der Waals surface area (Å²) < 4.78 is 0. The number of amides is 2. The molecule has 2 rings (SSSR count). The number of hydrogen-bond acceptors (Lipinski definition) is 3. The van der Waals surface area contributed by atoms with Crippen LogP contribution in [0.5, 0.6) is 0 Å². The molecule has 6 heteroatoms. The van der Waals surface area contributed by atoms with Gasteiger partial charge in [-0.1, -0.05) is 13.8 Å². The van der Waals surface area contributed by atoms with Gasteiger partial charge < -0.3 is 15.6 Å². The molecular weight excluding hydrogens is 294 g/mol. The summed E-state index contributed by atoms with van der Waals surface area (Å²) in [5.74, 6) is -0.242. The number of carbonyl (C=O) groups is 2. The van der Waals surface area contributed by atoms with E-state index in [1.165, 1.54) is 12.3 Å². The number of aromatic nitrogens is 1. The van der Waals surface area contributed by atoms with Crippen LogP contribution >= 0.6 is 0 Å². The molecule has 0 bridgehead atoms. The summed E-state index contributed by atoms with van der Waals surface area (Å²) in [7, 11) is 0. The van der Waals surface area contributed by atoms with Crippen LogP contribution in [0.3, 0.4) is 0 Å². The number of benzene rings is 1. The van der Waals surface area contributed by atoms with Gasteiger partial charge in [0.05, 0.1) is 0 Å². The molecule has 1 aromatic carbocycles. The van der Waals surface area contributed by atoms with Gasteiger partial charge in [0.1, 0.15) is 5.56 Å². The third-order valence-corrected chi connectivity index (χ3v) is 3.08. The molecule has 1 aromatic heterocycles. The molecular formula is C17H19N3O3. The fourth-order valence-electron chi connectivity index (χ4n) is 2.02. The third kappa shape index (κ3) is 4.81. The number of H-pyrrole nitrogens is 1. The van der Waals surface area contributed by atoms with Gasteiger partial charge in [-0.2, -0.15) is 0 Å². The maximum Gasteiger partial charge on any atom is 0.261 e. The highest BCUT2D eigenvalue weighted by atomic mass is 16.2. The average Bonchev–Trinajstić information content (AvgIpc) is 2.48. The molecule has 0 saturated carbocycles. The number of hydrogen-bond donors (Lipinski definition) is 3. The van der Waals surface area contributed by atoms with Crippen molar-refractivity contribution in [3.8, 4) is 0 Å². The largest absolute Gasteiger partial charge is 0.328 e. The van der Waals surface area contributed by atoms with Crippen molar-refractivity contribution in [3.05, 3.63) is 58.5 Å². The summed E-state index contributed by atoms with van der Waals surface area (Å²) in [5, 5.41) is 5.43. The van der Waals surface area contributed by atoms with Crippen LogP contribution in [0.2, 0.25) is 0 Å². The van der Waals surface area contributed by atoms with Crippen molar-refractivity contribution in [2.24, 2.45) is 5.92 Å². The molecule has 3 N–H and O–H groups in total. The van der Waals surface area contributed by atoms with Crippen LogP contribution in [0.25, 0.3) is 0 Å². The molecule has 2 amide bonds. The highest BCUT2D eigenvalue weighted by Crippen LogP contribution is 2.15. The Kier molecular flexibility index (Phi) is 5.30. The van der Waals surface area contributed by atoms with E-state index in [2.05, 4.69) is 15.6 Å². The van der Waals surface area contributed by atoms with Crippen molar-refractivity contribution >= 4 is 23.2 Å². The number of aromatic amines is 1. The molecule has 120 valence electrons. The molecule has 0 fully saturated rings. The summed E-state index contributed by atoms with van der Waals surface area (Å²) in [6.45, 7) is 3.95. The van der Waals surface area contributed by atoms with E-state index < -0.39 is 11.5 Å². The maximum absolute atomic E-state index is 12.0. The number of carbonyl (C=O) groups excluding carboxylic acids is 2. The molecule has 0 saturated heterocycles. The van der Waals surface area contributed by atoms with Crippen molar-refractivity contribution < 1.29 is 9.59 Å². The number of anilines is 2. The molecule has 0 unspecified atom stereocenters. The predicted molar refractivity (Wildman–Crippen MR) is 89.5 cm³/mol. The zero-order valence-corrected chi connectivity index (χ0v) is 13.1. The monoisotopic (exact) mass is 313 g/mol. The second-order valence-electron chi connectivity index (χ2n) is 5.59. The zero-order chi connectivity index (χ0) is 16.8. The van der Waals surface area contributed by atoms with Crippen LogP contribution in [0.1, 0.15) is 30.6 Å². The number of pyridine rings is 1. The molecule has 0 aliphatic heterocycles. The van der Waals surface area contributed by atoms with Gasteiger partial charge in [-0.15, -0.1) is 0 Å². The second kappa shape index (κ2) is 7.40. The van der Waals surface area contributed by atoms with Crippen LogP contribution in [-0.2, 0) is 4.79 Å². The van der Waals surface area contributed by atoms with E-state index in [4.69, 9.17) is 0 Å². The quantitative estimate of drug-likeness (QED) is 0.792. The molecule has 6 nitrogen and oxygen atoms in total. The molecule has 23 heavy (non-hydrogen) atoms. The zero-order valence-electron chi connectivity index (χ0n) is 13.1. The first kappa shape index (κ1) is 16.5. The molecule has 0 aliphatic rings.